The first-order valence-electron chi connectivity index (χ1n) is 32.9. The highest BCUT2D eigenvalue weighted by atomic mass is 31.2. The van der Waals surface area contributed by atoms with Crippen molar-refractivity contribution in [3.63, 3.8) is 0 Å². The molecular formula is C72H123NO8P+. The molecule has 0 spiro atoms. The van der Waals surface area contributed by atoms with E-state index in [1.54, 1.807) is 0 Å². The molecule has 0 aliphatic heterocycles. The number of unbranched alkanes of at least 4 members (excludes halogenated alkanes) is 23. The average molecular weight is 1160 g/mol. The van der Waals surface area contributed by atoms with Gasteiger partial charge in [-0.05, 0) is 109 Å². The van der Waals surface area contributed by atoms with Crippen LogP contribution in [0.25, 0.3) is 0 Å². The van der Waals surface area contributed by atoms with Crippen LogP contribution in [0.4, 0.5) is 0 Å². The topological polar surface area (TPSA) is 108 Å². The van der Waals surface area contributed by atoms with E-state index in [0.717, 1.165) is 109 Å². The number of hydrogen-bond donors (Lipinski definition) is 1. The highest BCUT2D eigenvalue weighted by molar-refractivity contribution is 7.47. The van der Waals surface area contributed by atoms with Crippen molar-refractivity contribution in [3.05, 3.63) is 134 Å². The second kappa shape index (κ2) is 61.7. The van der Waals surface area contributed by atoms with Gasteiger partial charge in [-0.2, -0.15) is 0 Å². The van der Waals surface area contributed by atoms with Gasteiger partial charge in [0.2, 0.25) is 0 Å². The number of carbonyl (C=O) groups is 2. The lowest BCUT2D eigenvalue weighted by atomic mass is 10.0. The van der Waals surface area contributed by atoms with Gasteiger partial charge in [-0.15, -0.1) is 0 Å². The van der Waals surface area contributed by atoms with E-state index in [1.165, 1.54) is 116 Å². The fraction of sp³-hybridized carbons (Fsp3) is 0.667. The molecule has 82 heavy (non-hydrogen) atoms. The number of phosphoric acid groups is 1. The van der Waals surface area contributed by atoms with Gasteiger partial charge < -0.3 is 18.9 Å². The van der Waals surface area contributed by atoms with Crippen LogP contribution in [0, 0.1) is 0 Å². The van der Waals surface area contributed by atoms with Crippen LogP contribution in [0.2, 0.25) is 0 Å². The Hall–Kier alpha value is -3.85. The molecule has 0 fully saturated rings. The lowest BCUT2D eigenvalue weighted by molar-refractivity contribution is -0.870. The summed E-state index contributed by atoms with van der Waals surface area (Å²) >= 11 is 0. The number of carbonyl (C=O) groups excluding carboxylic acids is 2. The van der Waals surface area contributed by atoms with Gasteiger partial charge in [0.15, 0.2) is 6.10 Å². The van der Waals surface area contributed by atoms with Crippen molar-refractivity contribution >= 4 is 19.8 Å². The first kappa shape index (κ1) is 78.1. The quantitative estimate of drug-likeness (QED) is 0.0211. The number of ether oxygens (including phenoxy) is 2. The van der Waals surface area contributed by atoms with Crippen molar-refractivity contribution in [1.82, 2.24) is 0 Å². The number of quaternary nitrogens is 1. The first-order chi connectivity index (χ1) is 40.0. The van der Waals surface area contributed by atoms with Crippen LogP contribution in [0.3, 0.4) is 0 Å². The Morgan fingerprint density at radius 1 is 0.378 bits per heavy atom. The van der Waals surface area contributed by atoms with Crippen LogP contribution in [0.15, 0.2) is 134 Å². The van der Waals surface area contributed by atoms with Crippen molar-refractivity contribution in [2.75, 3.05) is 47.5 Å². The van der Waals surface area contributed by atoms with Gasteiger partial charge in [0, 0.05) is 12.8 Å². The zero-order valence-corrected chi connectivity index (χ0v) is 54.1. The first-order valence-corrected chi connectivity index (χ1v) is 34.4. The molecule has 0 radical (unpaired) electrons. The highest BCUT2D eigenvalue weighted by Crippen LogP contribution is 2.43. The third kappa shape index (κ3) is 65.3. The molecule has 0 aliphatic carbocycles. The summed E-state index contributed by atoms with van der Waals surface area (Å²) in [6, 6.07) is 0. The zero-order chi connectivity index (χ0) is 59.8. The number of nitrogens with zero attached hydrogens (tertiary/aromatic N) is 1. The second-order valence-electron chi connectivity index (χ2n) is 22.7. The Morgan fingerprint density at radius 3 is 0.976 bits per heavy atom. The molecule has 1 N–H and O–H groups in total. The third-order valence-corrected chi connectivity index (χ3v) is 14.7. The van der Waals surface area contributed by atoms with Crippen molar-refractivity contribution in [2.45, 2.75) is 264 Å². The maximum Gasteiger partial charge on any atom is 0.472 e. The molecule has 0 rings (SSSR count). The van der Waals surface area contributed by atoms with E-state index in [9.17, 15) is 19.0 Å². The van der Waals surface area contributed by atoms with E-state index >= 15 is 0 Å². The summed E-state index contributed by atoms with van der Waals surface area (Å²) in [4.78, 5) is 35.8. The van der Waals surface area contributed by atoms with Gasteiger partial charge in [0.1, 0.15) is 19.8 Å². The van der Waals surface area contributed by atoms with Crippen LogP contribution in [0.1, 0.15) is 258 Å². The minimum Gasteiger partial charge on any atom is -0.462 e. The number of rotatable bonds is 59. The van der Waals surface area contributed by atoms with Gasteiger partial charge in [0.25, 0.3) is 0 Å². The maximum absolute atomic E-state index is 12.9. The molecule has 0 amide bonds. The van der Waals surface area contributed by atoms with E-state index in [-0.39, 0.29) is 32.0 Å². The molecule has 0 saturated carbocycles. The molecular weight excluding hydrogens is 1040 g/mol. The van der Waals surface area contributed by atoms with Gasteiger partial charge in [0.05, 0.1) is 27.7 Å². The van der Waals surface area contributed by atoms with Gasteiger partial charge in [-0.3, -0.25) is 18.6 Å². The molecule has 9 nitrogen and oxygen atoms in total. The van der Waals surface area contributed by atoms with Gasteiger partial charge >= 0.3 is 19.8 Å². The summed E-state index contributed by atoms with van der Waals surface area (Å²) < 4.78 is 34.7. The monoisotopic (exact) mass is 1160 g/mol. The summed E-state index contributed by atoms with van der Waals surface area (Å²) in [5.74, 6) is -0.806. The van der Waals surface area contributed by atoms with Crippen molar-refractivity contribution in [1.29, 1.82) is 0 Å². The second-order valence-corrected chi connectivity index (χ2v) is 24.2. The Kier molecular flexibility index (Phi) is 58.8. The summed E-state index contributed by atoms with van der Waals surface area (Å²) in [7, 11) is 1.46. The van der Waals surface area contributed by atoms with Crippen LogP contribution in [0.5, 0.6) is 0 Å². The minimum absolute atomic E-state index is 0.0248. The molecule has 2 unspecified atom stereocenters. The van der Waals surface area contributed by atoms with Crippen LogP contribution < -0.4 is 0 Å². The van der Waals surface area contributed by atoms with E-state index in [1.807, 2.05) is 21.1 Å². The number of phosphoric ester groups is 1. The van der Waals surface area contributed by atoms with Crippen LogP contribution in [-0.2, 0) is 32.7 Å². The highest BCUT2D eigenvalue weighted by Gasteiger charge is 2.27. The van der Waals surface area contributed by atoms with E-state index in [2.05, 4.69) is 148 Å². The number of hydrogen-bond acceptors (Lipinski definition) is 7. The Balaban J connectivity index is 4.13. The molecule has 468 valence electrons. The number of esters is 2. The Morgan fingerprint density at radius 2 is 0.659 bits per heavy atom. The molecule has 0 aromatic rings. The molecule has 10 heteroatoms. The van der Waals surface area contributed by atoms with E-state index in [4.69, 9.17) is 18.5 Å². The minimum atomic E-state index is -4.40. The summed E-state index contributed by atoms with van der Waals surface area (Å²) in [6.07, 6.45) is 89.6. The molecule has 0 saturated heterocycles. The largest absolute Gasteiger partial charge is 0.472 e. The van der Waals surface area contributed by atoms with E-state index in [0.29, 0.717) is 17.4 Å². The van der Waals surface area contributed by atoms with E-state index < -0.39 is 26.5 Å². The standard InChI is InChI=1S/C72H122NO8P/c1-6-8-10-12-14-16-18-20-22-24-26-28-30-32-34-35-36-37-39-41-43-45-47-49-51-53-55-57-59-61-63-65-72(75)81-70(69-80-82(76,77)79-67-66-73(3,4)5)68-78-71(74)64-62-60-58-56-54-52-50-48-46-44-42-40-38-33-31-29-27-25-23-21-19-17-15-13-11-9-7-2/h8-11,14-17,20-23,26-29,32-34,36-38,70H,6-7,12-13,18-19,24-25,30-31,35,39-69H2,1-5H3/p+1/b10-8-,11-9-,16-14-,17-15-,22-20-,23-21-,28-26-,29-27-,34-32-,37-36-,38-33-. The van der Waals surface area contributed by atoms with Crippen molar-refractivity contribution in [3.8, 4) is 0 Å². The fourth-order valence-corrected chi connectivity index (χ4v) is 9.44. The summed E-state index contributed by atoms with van der Waals surface area (Å²) in [5, 5.41) is 0. The summed E-state index contributed by atoms with van der Waals surface area (Å²) in [6.45, 7) is 4.20. The Bertz CT molecular complexity index is 1850. The Labute approximate surface area is 504 Å². The number of allylic oxidation sites excluding steroid dienone is 22. The van der Waals surface area contributed by atoms with Crippen molar-refractivity contribution in [2.24, 2.45) is 0 Å². The zero-order valence-electron chi connectivity index (χ0n) is 53.2. The molecule has 0 aromatic heterocycles. The molecule has 0 bridgehead atoms. The third-order valence-electron chi connectivity index (χ3n) is 13.7. The van der Waals surface area contributed by atoms with Crippen molar-refractivity contribution < 1.29 is 42.1 Å². The number of likely N-dealkylation sites (N-methyl/N-ethyl adjacent to an activating group) is 1. The van der Waals surface area contributed by atoms with Gasteiger partial charge in [-0.1, -0.05) is 270 Å². The fourth-order valence-electron chi connectivity index (χ4n) is 8.69. The SMILES string of the molecule is CC/C=C\C/C=C\C/C=C\C/C=C\C/C=C\C/C=C\CCCCCCCCCCCCCCC(=O)OC(COC(=O)CCCCCCCCCCCCC/C=C\C/C=C\C/C=C\C/C=C\C/C=C\CC)COP(=O)(O)OCC[N+](C)(C)C. The normalized spacial score (nSPS) is 14.1. The smallest absolute Gasteiger partial charge is 0.462 e. The molecule has 2 atom stereocenters. The summed E-state index contributed by atoms with van der Waals surface area (Å²) in [5.41, 5.74) is 0. The van der Waals surface area contributed by atoms with Crippen LogP contribution in [-0.4, -0.2) is 74.9 Å². The predicted octanol–water partition coefficient (Wildman–Crippen LogP) is 21.3. The lowest BCUT2D eigenvalue weighted by Crippen LogP contribution is -2.37. The molecule has 0 aliphatic rings. The predicted molar refractivity (Wildman–Crippen MR) is 353 cm³/mol. The van der Waals surface area contributed by atoms with Crippen LogP contribution >= 0.6 is 7.82 Å². The molecule has 0 aromatic carbocycles. The van der Waals surface area contributed by atoms with Gasteiger partial charge in [-0.25, -0.2) is 4.57 Å². The average Bonchev–Trinajstić information content (AvgIpc) is 3.46. The lowest BCUT2D eigenvalue weighted by Gasteiger charge is -2.24. The maximum atomic E-state index is 12.9. The molecule has 0 heterocycles.